The number of carbonyl (C=O) groups is 3. The number of hydrogen-bond donors (Lipinski definition) is 3. The SMILES string of the molecule is CC(C)(C)OC(=O)NCC1CCC(C(=O)NCCOc2ccc(-c3cnccc3C(=O)O)cc2)CC1. The Morgan fingerprint density at radius 3 is 2.36 bits per heavy atom. The molecule has 1 aliphatic rings. The van der Waals surface area contributed by atoms with Crippen molar-refractivity contribution in [1.29, 1.82) is 0 Å². The molecule has 1 fully saturated rings. The van der Waals surface area contributed by atoms with Crippen LogP contribution in [0.15, 0.2) is 42.7 Å². The van der Waals surface area contributed by atoms with Crippen molar-refractivity contribution in [1.82, 2.24) is 15.6 Å². The summed E-state index contributed by atoms with van der Waals surface area (Å²) in [6, 6.07) is 8.57. The molecule has 1 saturated carbocycles. The molecule has 3 rings (SSSR count). The highest BCUT2D eigenvalue weighted by atomic mass is 16.6. The van der Waals surface area contributed by atoms with Gasteiger partial charge < -0.3 is 25.2 Å². The summed E-state index contributed by atoms with van der Waals surface area (Å²) < 4.78 is 11.0. The fourth-order valence-electron chi connectivity index (χ4n) is 4.20. The zero-order valence-corrected chi connectivity index (χ0v) is 21.1. The highest BCUT2D eigenvalue weighted by molar-refractivity contribution is 5.95. The molecule has 0 aliphatic heterocycles. The summed E-state index contributed by atoms with van der Waals surface area (Å²) >= 11 is 0. The van der Waals surface area contributed by atoms with Gasteiger partial charge in [-0.15, -0.1) is 0 Å². The molecular weight excluding hydrogens is 462 g/mol. The van der Waals surface area contributed by atoms with E-state index in [9.17, 15) is 19.5 Å². The van der Waals surface area contributed by atoms with Gasteiger partial charge in [-0.2, -0.15) is 0 Å². The maximum Gasteiger partial charge on any atom is 0.407 e. The van der Waals surface area contributed by atoms with Crippen LogP contribution in [-0.4, -0.2) is 53.4 Å². The van der Waals surface area contributed by atoms with Gasteiger partial charge in [0.1, 0.15) is 18.0 Å². The number of carboxylic acids is 1. The minimum atomic E-state index is -1.01. The lowest BCUT2D eigenvalue weighted by molar-refractivity contribution is -0.126. The number of ether oxygens (including phenoxy) is 2. The molecule has 0 atom stereocenters. The van der Waals surface area contributed by atoms with Crippen LogP contribution in [0.5, 0.6) is 5.75 Å². The molecule has 2 aromatic rings. The van der Waals surface area contributed by atoms with E-state index in [1.165, 1.54) is 18.5 Å². The van der Waals surface area contributed by atoms with Gasteiger partial charge in [-0.25, -0.2) is 9.59 Å². The number of hydrogen-bond acceptors (Lipinski definition) is 6. The fourth-order valence-corrected chi connectivity index (χ4v) is 4.20. The van der Waals surface area contributed by atoms with E-state index in [1.54, 1.807) is 24.3 Å². The highest BCUT2D eigenvalue weighted by Crippen LogP contribution is 2.29. The number of aromatic nitrogens is 1. The Bertz CT molecular complexity index is 1040. The van der Waals surface area contributed by atoms with Crippen LogP contribution >= 0.6 is 0 Å². The van der Waals surface area contributed by atoms with Crippen LogP contribution in [-0.2, 0) is 9.53 Å². The van der Waals surface area contributed by atoms with Crippen LogP contribution in [0.1, 0.15) is 56.8 Å². The molecular formula is C27H35N3O6. The van der Waals surface area contributed by atoms with E-state index >= 15 is 0 Å². The number of nitrogens with zero attached hydrogens (tertiary/aromatic N) is 1. The smallest absolute Gasteiger partial charge is 0.407 e. The molecule has 1 aliphatic carbocycles. The van der Waals surface area contributed by atoms with Crippen LogP contribution in [0, 0.1) is 11.8 Å². The van der Waals surface area contributed by atoms with E-state index in [0.29, 0.717) is 36.9 Å². The van der Waals surface area contributed by atoms with E-state index < -0.39 is 17.7 Å². The van der Waals surface area contributed by atoms with E-state index in [0.717, 1.165) is 31.2 Å². The van der Waals surface area contributed by atoms with Crippen LogP contribution in [0.4, 0.5) is 4.79 Å². The summed E-state index contributed by atoms with van der Waals surface area (Å²) in [6.45, 7) is 6.78. The Balaban J connectivity index is 1.35. The third kappa shape index (κ3) is 8.25. The summed E-state index contributed by atoms with van der Waals surface area (Å²) in [4.78, 5) is 39.8. The Labute approximate surface area is 211 Å². The van der Waals surface area contributed by atoms with Gasteiger partial charge in [0.25, 0.3) is 0 Å². The summed E-state index contributed by atoms with van der Waals surface area (Å²) in [5.41, 5.74) is 0.950. The monoisotopic (exact) mass is 497 g/mol. The molecule has 0 radical (unpaired) electrons. The molecule has 0 saturated heterocycles. The second-order valence-corrected chi connectivity index (χ2v) is 9.99. The van der Waals surface area contributed by atoms with E-state index in [1.807, 2.05) is 20.8 Å². The number of carboxylic acid groups (broad SMARTS) is 1. The molecule has 0 spiro atoms. The first kappa shape index (κ1) is 27.0. The van der Waals surface area contributed by atoms with Gasteiger partial charge in [-0.1, -0.05) is 12.1 Å². The third-order valence-corrected chi connectivity index (χ3v) is 6.04. The van der Waals surface area contributed by atoms with Crippen LogP contribution in [0.3, 0.4) is 0 Å². The normalized spacial score (nSPS) is 17.6. The number of carbonyl (C=O) groups excluding carboxylic acids is 2. The molecule has 9 nitrogen and oxygen atoms in total. The van der Waals surface area contributed by atoms with Crippen LogP contribution in [0.2, 0.25) is 0 Å². The van der Waals surface area contributed by atoms with Crippen molar-refractivity contribution < 1.29 is 29.0 Å². The Morgan fingerprint density at radius 2 is 1.72 bits per heavy atom. The lowest BCUT2D eigenvalue weighted by Gasteiger charge is -2.28. The molecule has 194 valence electrons. The second-order valence-electron chi connectivity index (χ2n) is 9.99. The van der Waals surface area contributed by atoms with Crippen molar-refractivity contribution in [3.63, 3.8) is 0 Å². The van der Waals surface area contributed by atoms with Crippen molar-refractivity contribution in [3.05, 3.63) is 48.3 Å². The Kier molecular flexibility index (Phi) is 9.27. The Hall–Kier alpha value is -3.62. The quantitative estimate of drug-likeness (QED) is 0.442. The van der Waals surface area contributed by atoms with Crippen molar-refractivity contribution in [2.75, 3.05) is 19.7 Å². The van der Waals surface area contributed by atoms with Gasteiger partial charge in [0, 0.05) is 30.4 Å². The van der Waals surface area contributed by atoms with E-state index in [4.69, 9.17) is 9.47 Å². The summed E-state index contributed by atoms with van der Waals surface area (Å²) in [7, 11) is 0. The number of pyridine rings is 1. The third-order valence-electron chi connectivity index (χ3n) is 6.04. The van der Waals surface area contributed by atoms with Crippen molar-refractivity contribution in [3.8, 4) is 16.9 Å². The maximum absolute atomic E-state index is 12.5. The van der Waals surface area contributed by atoms with Gasteiger partial charge in [0.2, 0.25) is 5.91 Å². The highest BCUT2D eigenvalue weighted by Gasteiger charge is 2.27. The molecule has 36 heavy (non-hydrogen) atoms. The summed E-state index contributed by atoms with van der Waals surface area (Å²) in [6.07, 6.45) is 5.94. The number of rotatable bonds is 9. The minimum Gasteiger partial charge on any atom is -0.492 e. The zero-order chi connectivity index (χ0) is 26.1. The number of amides is 2. The van der Waals surface area contributed by atoms with Gasteiger partial charge in [0.05, 0.1) is 12.1 Å². The number of benzene rings is 1. The second kappa shape index (κ2) is 12.4. The van der Waals surface area contributed by atoms with Gasteiger partial charge in [0.15, 0.2) is 0 Å². The van der Waals surface area contributed by atoms with Gasteiger partial charge in [-0.3, -0.25) is 9.78 Å². The summed E-state index contributed by atoms with van der Waals surface area (Å²) in [5, 5.41) is 15.1. The topological polar surface area (TPSA) is 127 Å². The van der Waals surface area contributed by atoms with E-state index in [-0.39, 0.29) is 17.4 Å². The van der Waals surface area contributed by atoms with Crippen molar-refractivity contribution in [2.45, 2.75) is 52.1 Å². The fraction of sp³-hybridized carbons (Fsp3) is 0.481. The molecule has 1 heterocycles. The first-order valence-electron chi connectivity index (χ1n) is 12.3. The summed E-state index contributed by atoms with van der Waals surface area (Å²) in [5.74, 6) is -0.0115. The minimum absolute atomic E-state index is 0.0232. The molecule has 0 unspecified atom stereocenters. The number of nitrogens with one attached hydrogen (secondary N) is 2. The molecule has 9 heteroatoms. The first-order chi connectivity index (χ1) is 17.1. The zero-order valence-electron chi connectivity index (χ0n) is 21.1. The number of alkyl carbamates (subject to hydrolysis) is 1. The number of aromatic carboxylic acids is 1. The van der Waals surface area contributed by atoms with Crippen molar-refractivity contribution in [2.24, 2.45) is 11.8 Å². The van der Waals surface area contributed by atoms with Crippen LogP contribution < -0.4 is 15.4 Å². The predicted molar refractivity (Wildman–Crippen MR) is 135 cm³/mol. The molecule has 1 aromatic heterocycles. The lowest BCUT2D eigenvalue weighted by Crippen LogP contribution is -2.38. The van der Waals surface area contributed by atoms with E-state index in [2.05, 4.69) is 15.6 Å². The first-order valence-corrected chi connectivity index (χ1v) is 12.3. The molecule has 1 aromatic carbocycles. The maximum atomic E-state index is 12.5. The molecule has 2 amide bonds. The average Bonchev–Trinajstić information content (AvgIpc) is 2.85. The van der Waals surface area contributed by atoms with Crippen molar-refractivity contribution >= 4 is 18.0 Å². The molecule has 3 N–H and O–H groups in total. The molecule has 0 bridgehead atoms. The van der Waals surface area contributed by atoms with Crippen LogP contribution in [0.25, 0.3) is 11.1 Å². The largest absolute Gasteiger partial charge is 0.492 e. The lowest BCUT2D eigenvalue weighted by atomic mass is 9.81. The average molecular weight is 498 g/mol. The van der Waals surface area contributed by atoms with Gasteiger partial charge >= 0.3 is 12.1 Å². The standard InChI is InChI=1S/C27H35N3O6/c1-27(2,3)36-26(34)30-16-18-4-6-20(7-5-18)24(31)29-14-15-35-21-10-8-19(9-11-21)23-17-28-13-12-22(23)25(32)33/h8-13,17-18,20H,4-7,14-16H2,1-3H3,(H,29,31)(H,30,34)(H,32,33). The Morgan fingerprint density at radius 1 is 1.03 bits per heavy atom. The predicted octanol–water partition coefficient (Wildman–Crippen LogP) is 4.27. The van der Waals surface area contributed by atoms with Gasteiger partial charge in [-0.05, 0) is 76.1 Å².